The van der Waals surface area contributed by atoms with E-state index >= 15 is 0 Å². The number of benzene rings is 2. The van der Waals surface area contributed by atoms with Gasteiger partial charge in [0.25, 0.3) is 5.91 Å². The first-order valence-electron chi connectivity index (χ1n) is 11.7. The Balaban J connectivity index is 1.67. The maximum atomic E-state index is 13.5. The molecule has 2 N–H and O–H groups in total. The first kappa shape index (κ1) is 25.9. The summed E-state index contributed by atoms with van der Waals surface area (Å²) in [6, 6.07) is 15.4. The molecule has 1 fully saturated rings. The topological polar surface area (TPSA) is 104 Å². The maximum absolute atomic E-state index is 13.5. The fraction of sp³-hybridized carbons (Fsp3) is 0.333. The lowest BCUT2D eigenvalue weighted by Crippen LogP contribution is -2.39. The Kier molecular flexibility index (Phi) is 7.49. The number of rotatable bonds is 7. The van der Waals surface area contributed by atoms with Gasteiger partial charge in [-0.2, -0.15) is 0 Å². The summed E-state index contributed by atoms with van der Waals surface area (Å²) < 4.78 is 6.47. The molecule has 0 spiro atoms. The van der Waals surface area contributed by atoms with Crippen LogP contribution in [0.3, 0.4) is 0 Å². The van der Waals surface area contributed by atoms with E-state index in [1.807, 2.05) is 61.5 Å². The lowest BCUT2D eigenvalue weighted by Gasteiger charge is -2.29. The van der Waals surface area contributed by atoms with E-state index in [9.17, 15) is 14.4 Å². The molecular weight excluding hydrogens is 571 g/mol. The van der Waals surface area contributed by atoms with E-state index in [1.165, 1.54) is 4.90 Å². The molecule has 3 aromatic rings. The van der Waals surface area contributed by atoms with Crippen molar-refractivity contribution in [3.05, 3.63) is 75.8 Å². The summed E-state index contributed by atoms with van der Waals surface area (Å²) in [6.07, 6.45) is 1.47. The third-order valence-electron chi connectivity index (χ3n) is 5.95. The number of carbonyl (C=O) groups excluding carboxylic acids is 3. The van der Waals surface area contributed by atoms with Crippen LogP contribution in [0.25, 0.3) is 11.3 Å². The molecule has 0 bridgehead atoms. The van der Waals surface area contributed by atoms with Crippen LogP contribution in [-0.4, -0.2) is 44.4 Å². The van der Waals surface area contributed by atoms with Crippen LogP contribution >= 0.6 is 22.6 Å². The van der Waals surface area contributed by atoms with Crippen molar-refractivity contribution in [1.29, 1.82) is 0 Å². The van der Waals surface area contributed by atoms with Crippen LogP contribution in [0.1, 0.15) is 57.5 Å². The van der Waals surface area contributed by atoms with Gasteiger partial charge >= 0.3 is 12.0 Å². The molecule has 3 atom stereocenters. The van der Waals surface area contributed by atoms with Crippen molar-refractivity contribution in [3.63, 3.8) is 0 Å². The predicted molar refractivity (Wildman–Crippen MR) is 144 cm³/mol. The Labute approximate surface area is 224 Å². The molecule has 2 aromatic carbocycles. The number of imide groups is 1. The van der Waals surface area contributed by atoms with Crippen LogP contribution in [0, 0.1) is 3.57 Å². The average molecular weight is 600 g/mol. The molecule has 1 saturated heterocycles. The fourth-order valence-electron chi connectivity index (χ4n) is 4.28. The molecule has 0 saturated carbocycles. The molecule has 0 aliphatic carbocycles. The van der Waals surface area contributed by atoms with Crippen LogP contribution in [0.5, 0.6) is 0 Å². The normalized spacial score (nSPS) is 17.6. The number of aromatic amines is 1. The second-order valence-corrected chi connectivity index (χ2v) is 11.1. The smallest absolute Gasteiger partial charge is 0.325 e. The summed E-state index contributed by atoms with van der Waals surface area (Å²) in [7, 11) is 0. The van der Waals surface area contributed by atoms with Crippen LogP contribution in [0.15, 0.2) is 60.8 Å². The molecule has 1 aliphatic rings. The number of ether oxygens (including phenoxy) is 1. The molecule has 0 radical (unpaired) electrons. The monoisotopic (exact) mass is 600 g/mol. The van der Waals surface area contributed by atoms with E-state index in [4.69, 9.17) is 4.74 Å². The number of nitrogens with one attached hydrogen (secondary N) is 2. The van der Waals surface area contributed by atoms with Gasteiger partial charge in [0.15, 0.2) is 0 Å². The van der Waals surface area contributed by atoms with Gasteiger partial charge in [0, 0.05) is 9.49 Å². The Morgan fingerprint density at radius 1 is 1.11 bits per heavy atom. The van der Waals surface area contributed by atoms with E-state index in [1.54, 1.807) is 27.0 Å². The summed E-state index contributed by atoms with van der Waals surface area (Å²) >= 11 is 2.25. The van der Waals surface area contributed by atoms with E-state index in [0.29, 0.717) is 5.82 Å². The fourth-order valence-corrected chi connectivity index (χ4v) is 4.64. The van der Waals surface area contributed by atoms with E-state index < -0.39 is 35.6 Å². The molecule has 2 heterocycles. The highest BCUT2D eigenvalue weighted by molar-refractivity contribution is 14.1. The largest absolute Gasteiger partial charge is 0.460 e. The number of aromatic nitrogens is 2. The average Bonchev–Trinajstić information content (AvgIpc) is 3.40. The number of amides is 3. The molecule has 3 amide bonds. The van der Waals surface area contributed by atoms with Crippen molar-refractivity contribution in [1.82, 2.24) is 20.2 Å². The van der Waals surface area contributed by atoms with Crippen molar-refractivity contribution in [3.8, 4) is 11.3 Å². The first-order valence-corrected chi connectivity index (χ1v) is 12.8. The second kappa shape index (κ2) is 10.4. The minimum absolute atomic E-state index is 0.239. The summed E-state index contributed by atoms with van der Waals surface area (Å²) in [6.45, 7) is 7.22. The zero-order valence-corrected chi connectivity index (χ0v) is 22.8. The lowest BCUT2D eigenvalue weighted by molar-refractivity contribution is -0.156. The number of halogens is 1. The van der Waals surface area contributed by atoms with E-state index in [2.05, 4.69) is 37.9 Å². The van der Waals surface area contributed by atoms with Crippen molar-refractivity contribution in [2.24, 2.45) is 0 Å². The number of hydrogen-bond donors (Lipinski definition) is 2. The molecule has 1 aromatic heterocycles. The Morgan fingerprint density at radius 3 is 2.42 bits per heavy atom. The van der Waals surface area contributed by atoms with Crippen molar-refractivity contribution >= 4 is 40.5 Å². The SMILES string of the molecule is C[C@@H](c1ccccc1)[C@@H](c1ncc(-c2ccc(I)cc2)[nH]1)N1C(=O)NC(CC(=O)OC(C)(C)C)C1=O. The number of esters is 1. The molecule has 1 aliphatic heterocycles. The van der Waals surface area contributed by atoms with Gasteiger partial charge in [0.1, 0.15) is 23.5 Å². The Morgan fingerprint density at radius 2 is 1.78 bits per heavy atom. The van der Waals surface area contributed by atoms with Crippen LogP contribution in [0.2, 0.25) is 0 Å². The summed E-state index contributed by atoms with van der Waals surface area (Å²) in [5, 5.41) is 2.67. The molecular formula is C27H29IN4O4. The summed E-state index contributed by atoms with van der Waals surface area (Å²) in [5.41, 5.74) is 1.99. The summed E-state index contributed by atoms with van der Waals surface area (Å²) in [4.78, 5) is 48.1. The van der Waals surface area contributed by atoms with Crippen molar-refractivity contribution in [2.75, 3.05) is 0 Å². The van der Waals surface area contributed by atoms with Crippen molar-refractivity contribution < 1.29 is 19.1 Å². The third kappa shape index (κ3) is 5.77. The van der Waals surface area contributed by atoms with Gasteiger partial charge in [-0.05, 0) is 66.6 Å². The predicted octanol–water partition coefficient (Wildman–Crippen LogP) is 5.18. The van der Waals surface area contributed by atoms with Gasteiger partial charge in [-0.3, -0.25) is 14.5 Å². The van der Waals surface area contributed by atoms with Crippen molar-refractivity contribution in [2.45, 2.75) is 57.7 Å². The lowest BCUT2D eigenvalue weighted by atomic mass is 9.91. The quantitative estimate of drug-likeness (QED) is 0.221. The van der Waals surface area contributed by atoms with Crippen LogP contribution in [-0.2, 0) is 14.3 Å². The second-order valence-electron chi connectivity index (χ2n) is 9.83. The highest BCUT2D eigenvalue weighted by Crippen LogP contribution is 2.37. The van der Waals surface area contributed by atoms with E-state index in [-0.39, 0.29) is 12.3 Å². The van der Waals surface area contributed by atoms with Crippen LogP contribution in [0.4, 0.5) is 4.79 Å². The highest BCUT2D eigenvalue weighted by Gasteiger charge is 2.46. The van der Waals surface area contributed by atoms with E-state index in [0.717, 1.165) is 20.4 Å². The Hall–Kier alpha value is -3.21. The zero-order valence-electron chi connectivity index (χ0n) is 20.6. The highest BCUT2D eigenvalue weighted by atomic mass is 127. The van der Waals surface area contributed by atoms with Gasteiger partial charge < -0.3 is 15.0 Å². The number of nitrogens with zero attached hydrogens (tertiary/aromatic N) is 2. The molecule has 188 valence electrons. The van der Waals surface area contributed by atoms with Gasteiger partial charge in [0.05, 0.1) is 18.3 Å². The standard InChI is InChI=1S/C27H29IN4O4/c1-16(17-8-6-5-7-9-17)23(24-29-15-21(30-24)18-10-12-19(28)13-11-18)32-25(34)20(31-26(32)35)14-22(33)36-27(2,3)4/h5-13,15-16,20,23H,14H2,1-4H3,(H,29,30)(H,31,35)/t16-,20?,23-/m0/s1. The molecule has 9 heteroatoms. The number of carbonyl (C=O) groups is 3. The third-order valence-corrected chi connectivity index (χ3v) is 6.67. The number of urea groups is 1. The number of hydrogen-bond acceptors (Lipinski definition) is 5. The summed E-state index contributed by atoms with van der Waals surface area (Å²) in [5.74, 6) is -0.807. The van der Waals surface area contributed by atoms with Gasteiger partial charge in [-0.25, -0.2) is 9.78 Å². The number of imidazole rings is 1. The number of H-pyrrole nitrogens is 1. The first-order chi connectivity index (χ1) is 17.0. The minimum atomic E-state index is -0.997. The Bertz CT molecular complexity index is 1250. The maximum Gasteiger partial charge on any atom is 0.325 e. The van der Waals surface area contributed by atoms with Gasteiger partial charge in [-0.1, -0.05) is 49.4 Å². The minimum Gasteiger partial charge on any atom is -0.460 e. The molecule has 4 rings (SSSR count). The van der Waals surface area contributed by atoms with Gasteiger partial charge in [-0.15, -0.1) is 0 Å². The molecule has 8 nitrogen and oxygen atoms in total. The van der Waals surface area contributed by atoms with Gasteiger partial charge in [0.2, 0.25) is 0 Å². The molecule has 1 unspecified atom stereocenters. The molecule has 36 heavy (non-hydrogen) atoms. The zero-order chi connectivity index (χ0) is 26.0. The van der Waals surface area contributed by atoms with Crippen LogP contribution < -0.4 is 5.32 Å².